The largest absolute Gasteiger partial charge is 0.494 e. The van der Waals surface area contributed by atoms with Crippen molar-refractivity contribution in [3.05, 3.63) is 29.8 Å². The Morgan fingerprint density at radius 2 is 1.94 bits per heavy atom. The summed E-state index contributed by atoms with van der Waals surface area (Å²) >= 11 is 0. The van der Waals surface area contributed by atoms with Gasteiger partial charge in [-0.15, -0.1) is 0 Å². The van der Waals surface area contributed by atoms with Gasteiger partial charge >= 0.3 is 0 Å². The lowest BCUT2D eigenvalue weighted by Gasteiger charge is -2.20. The molecule has 4 heteroatoms. The van der Waals surface area contributed by atoms with Gasteiger partial charge in [-0.25, -0.2) is 0 Å². The smallest absolute Gasteiger partial charge is 0.237 e. The molecule has 1 unspecified atom stereocenters. The van der Waals surface area contributed by atoms with Gasteiger partial charge in [0.1, 0.15) is 5.75 Å². The first kappa shape index (κ1) is 12.5. The van der Waals surface area contributed by atoms with Crippen molar-refractivity contribution in [3.8, 4) is 5.75 Å². The van der Waals surface area contributed by atoms with Crippen LogP contribution >= 0.6 is 0 Å². The van der Waals surface area contributed by atoms with Crippen LogP contribution < -0.4 is 16.2 Å². The highest BCUT2D eigenvalue weighted by Crippen LogP contribution is 2.15. The summed E-state index contributed by atoms with van der Waals surface area (Å²) < 4.78 is 5.32. The monoisotopic (exact) mass is 222 g/mol. The molecule has 0 aliphatic rings. The molecule has 1 atom stereocenters. The fraction of sp³-hybridized carbons (Fsp3) is 0.417. The van der Waals surface area contributed by atoms with Crippen molar-refractivity contribution in [1.29, 1.82) is 0 Å². The Hall–Kier alpha value is -1.55. The van der Waals surface area contributed by atoms with E-state index in [9.17, 15) is 4.79 Å². The van der Waals surface area contributed by atoms with Gasteiger partial charge in [-0.05, 0) is 38.0 Å². The standard InChI is InChI=1S/C12H18N2O2/c1-3-16-10-6-4-9(5-7-10)8-12(2,14)11(13)15/h4-7H,3,8,14H2,1-2H3,(H2,13,15). The zero-order valence-corrected chi connectivity index (χ0v) is 9.69. The third-order valence-corrected chi connectivity index (χ3v) is 2.37. The van der Waals surface area contributed by atoms with E-state index in [1.807, 2.05) is 31.2 Å². The normalized spacial score (nSPS) is 14.2. The second-order valence-corrected chi connectivity index (χ2v) is 4.04. The molecule has 1 rings (SSSR count). The Balaban J connectivity index is 2.72. The molecule has 0 saturated heterocycles. The van der Waals surface area contributed by atoms with Gasteiger partial charge in [0, 0.05) is 0 Å². The Morgan fingerprint density at radius 1 is 1.38 bits per heavy atom. The maximum atomic E-state index is 11.1. The molecule has 0 spiro atoms. The van der Waals surface area contributed by atoms with Gasteiger partial charge in [-0.1, -0.05) is 12.1 Å². The summed E-state index contributed by atoms with van der Waals surface area (Å²) in [6, 6.07) is 7.49. The molecule has 1 amide bonds. The number of carbonyl (C=O) groups is 1. The van der Waals surface area contributed by atoms with Crippen LogP contribution in [0.4, 0.5) is 0 Å². The third-order valence-electron chi connectivity index (χ3n) is 2.37. The van der Waals surface area contributed by atoms with Crippen LogP contribution in [-0.4, -0.2) is 18.1 Å². The first-order valence-corrected chi connectivity index (χ1v) is 5.26. The summed E-state index contributed by atoms with van der Waals surface area (Å²) in [7, 11) is 0. The molecule has 0 heterocycles. The van der Waals surface area contributed by atoms with Gasteiger partial charge in [-0.3, -0.25) is 4.79 Å². The van der Waals surface area contributed by atoms with Crippen LogP contribution in [0, 0.1) is 0 Å². The van der Waals surface area contributed by atoms with Crippen LogP contribution in [0.1, 0.15) is 19.4 Å². The summed E-state index contributed by atoms with van der Waals surface area (Å²) in [5.41, 5.74) is 10.9. The van der Waals surface area contributed by atoms with Crippen LogP contribution in [0.15, 0.2) is 24.3 Å². The Bertz CT molecular complexity index is 358. The molecule has 16 heavy (non-hydrogen) atoms. The highest BCUT2D eigenvalue weighted by Gasteiger charge is 2.25. The highest BCUT2D eigenvalue weighted by atomic mass is 16.5. The number of benzene rings is 1. The number of ether oxygens (including phenoxy) is 1. The van der Waals surface area contributed by atoms with Gasteiger partial charge in [0.25, 0.3) is 0 Å². The second-order valence-electron chi connectivity index (χ2n) is 4.04. The van der Waals surface area contributed by atoms with Gasteiger partial charge in [0.15, 0.2) is 0 Å². The minimum atomic E-state index is -1.01. The second kappa shape index (κ2) is 4.99. The SMILES string of the molecule is CCOc1ccc(CC(C)(N)C(N)=O)cc1. The molecule has 0 radical (unpaired) electrons. The van der Waals surface area contributed by atoms with Gasteiger partial charge in [-0.2, -0.15) is 0 Å². The first-order chi connectivity index (χ1) is 7.45. The lowest BCUT2D eigenvalue weighted by Crippen LogP contribution is -2.51. The molecule has 4 nitrogen and oxygen atoms in total. The molecule has 0 aromatic heterocycles. The van der Waals surface area contributed by atoms with Crippen molar-refractivity contribution in [1.82, 2.24) is 0 Å². The van der Waals surface area contributed by atoms with E-state index in [1.54, 1.807) is 6.92 Å². The van der Waals surface area contributed by atoms with E-state index in [-0.39, 0.29) is 0 Å². The minimum absolute atomic E-state index is 0.425. The van der Waals surface area contributed by atoms with E-state index in [1.165, 1.54) is 0 Å². The summed E-state index contributed by atoms with van der Waals surface area (Å²) in [6.07, 6.45) is 0.425. The van der Waals surface area contributed by atoms with Gasteiger partial charge < -0.3 is 16.2 Å². The third kappa shape index (κ3) is 3.24. The molecular weight excluding hydrogens is 204 g/mol. The topological polar surface area (TPSA) is 78.3 Å². The van der Waals surface area contributed by atoms with Crippen LogP contribution in [0.2, 0.25) is 0 Å². The van der Waals surface area contributed by atoms with Crippen LogP contribution in [0.5, 0.6) is 5.75 Å². The zero-order valence-electron chi connectivity index (χ0n) is 9.69. The van der Waals surface area contributed by atoms with E-state index in [2.05, 4.69) is 0 Å². The Labute approximate surface area is 95.6 Å². The van der Waals surface area contributed by atoms with Crippen molar-refractivity contribution >= 4 is 5.91 Å². The molecule has 0 saturated carbocycles. The number of carbonyl (C=O) groups excluding carboxylic acids is 1. The molecule has 0 aliphatic heterocycles. The van der Waals surface area contributed by atoms with E-state index >= 15 is 0 Å². The zero-order chi connectivity index (χ0) is 12.2. The molecule has 0 bridgehead atoms. The predicted molar refractivity (Wildman–Crippen MR) is 63.1 cm³/mol. The maximum absolute atomic E-state index is 11.1. The fourth-order valence-electron chi connectivity index (χ4n) is 1.38. The Morgan fingerprint density at radius 3 is 2.38 bits per heavy atom. The van der Waals surface area contributed by atoms with Crippen molar-refractivity contribution < 1.29 is 9.53 Å². The van der Waals surface area contributed by atoms with Crippen LogP contribution in [0.3, 0.4) is 0 Å². The molecule has 0 aliphatic carbocycles. The Kier molecular flexibility index (Phi) is 3.90. The number of rotatable bonds is 5. The molecule has 1 aromatic carbocycles. The summed E-state index contributed by atoms with van der Waals surface area (Å²) in [4.78, 5) is 11.1. The lowest BCUT2D eigenvalue weighted by atomic mass is 9.93. The van der Waals surface area contributed by atoms with Crippen molar-refractivity contribution in [2.45, 2.75) is 25.8 Å². The summed E-state index contributed by atoms with van der Waals surface area (Å²) in [6.45, 7) is 4.19. The highest BCUT2D eigenvalue weighted by molar-refractivity contribution is 5.84. The predicted octanol–water partition coefficient (Wildman–Crippen LogP) is 0.831. The number of amides is 1. The van der Waals surface area contributed by atoms with Crippen molar-refractivity contribution in [2.24, 2.45) is 11.5 Å². The number of nitrogens with two attached hydrogens (primary N) is 2. The van der Waals surface area contributed by atoms with E-state index in [0.29, 0.717) is 13.0 Å². The van der Waals surface area contributed by atoms with E-state index < -0.39 is 11.4 Å². The van der Waals surface area contributed by atoms with Crippen molar-refractivity contribution in [2.75, 3.05) is 6.61 Å². The van der Waals surface area contributed by atoms with Crippen LogP contribution in [-0.2, 0) is 11.2 Å². The summed E-state index contributed by atoms with van der Waals surface area (Å²) in [5.74, 6) is 0.311. The molecular formula is C12H18N2O2. The quantitative estimate of drug-likeness (QED) is 0.774. The summed E-state index contributed by atoms with van der Waals surface area (Å²) in [5, 5.41) is 0. The maximum Gasteiger partial charge on any atom is 0.237 e. The number of primary amides is 1. The number of hydrogen-bond donors (Lipinski definition) is 2. The molecule has 1 aromatic rings. The fourth-order valence-corrected chi connectivity index (χ4v) is 1.38. The minimum Gasteiger partial charge on any atom is -0.494 e. The van der Waals surface area contributed by atoms with Crippen LogP contribution in [0.25, 0.3) is 0 Å². The van der Waals surface area contributed by atoms with E-state index in [0.717, 1.165) is 11.3 Å². The van der Waals surface area contributed by atoms with Gasteiger partial charge in [0.05, 0.1) is 12.1 Å². The average molecular weight is 222 g/mol. The average Bonchev–Trinajstić information content (AvgIpc) is 2.21. The van der Waals surface area contributed by atoms with E-state index in [4.69, 9.17) is 16.2 Å². The lowest BCUT2D eigenvalue weighted by molar-refractivity contribution is -0.122. The molecule has 0 fully saturated rings. The number of hydrogen-bond acceptors (Lipinski definition) is 3. The first-order valence-electron chi connectivity index (χ1n) is 5.26. The molecule has 88 valence electrons. The van der Waals surface area contributed by atoms with Crippen molar-refractivity contribution in [3.63, 3.8) is 0 Å². The van der Waals surface area contributed by atoms with Gasteiger partial charge in [0.2, 0.25) is 5.91 Å². The molecule has 4 N–H and O–H groups in total.